The molecule has 3 heterocycles. The fraction of sp³-hybridized carbons (Fsp3) is 0.390. The molecule has 0 unspecified atom stereocenters. The molecule has 0 spiro atoms. The second-order valence-electron chi connectivity index (χ2n) is 13.4. The molecule has 0 atom stereocenters. The van der Waals surface area contributed by atoms with E-state index < -0.39 is 0 Å². The number of carbonyl (C=O) groups excluding carboxylic acids is 1. The van der Waals surface area contributed by atoms with Crippen LogP contribution in [0, 0.1) is 17.9 Å². The Kier molecular flexibility index (Phi) is 12.3. The first kappa shape index (κ1) is 36.7. The normalized spacial score (nSPS) is 12.8. The Morgan fingerprint density at radius 1 is 0.957 bits per heavy atom. The van der Waals surface area contributed by atoms with E-state index in [2.05, 4.69) is 74.3 Å². The van der Waals surface area contributed by atoms with Crippen LogP contribution in [0.4, 0.5) is 0 Å². The smallest absolute Gasteiger partial charge is 0.162 e. The van der Waals surface area contributed by atoms with Gasteiger partial charge in [-0.1, -0.05) is 77.6 Å². The molecule has 4 nitrogen and oxygen atoms in total. The number of aryl methyl sites for hydroxylation is 2. The van der Waals surface area contributed by atoms with Gasteiger partial charge in [0.15, 0.2) is 5.78 Å². The molecule has 0 bridgehead atoms. The minimum atomic E-state index is 0. The number of aromatic nitrogens is 2. The van der Waals surface area contributed by atoms with Crippen LogP contribution in [0.25, 0.3) is 43.2 Å². The molecule has 0 aliphatic heterocycles. The SMILES string of the molecule is CC(C)(C)c1cc(-c2nccc3c4c(sc23)CCc2ccncc2-4)[c-]c2ccccc12.CCC(CC)C(=O)/C=C(\O)C(CC)CC.[Ir]. The number of ketones is 1. The first-order chi connectivity index (χ1) is 22.1. The summed E-state index contributed by atoms with van der Waals surface area (Å²) in [4.78, 5) is 22.5. The Balaban J connectivity index is 0.000000269. The van der Waals surface area contributed by atoms with E-state index in [1.807, 2.05) is 57.6 Å². The number of pyridine rings is 2. The zero-order chi connectivity index (χ0) is 33.0. The van der Waals surface area contributed by atoms with Crippen LogP contribution in [0.3, 0.4) is 0 Å². The number of thiophene rings is 1. The number of rotatable bonds is 8. The van der Waals surface area contributed by atoms with Crippen molar-refractivity contribution in [3.63, 3.8) is 0 Å². The number of aliphatic hydroxyl groups is 1. The Hall–Kier alpha value is -3.18. The van der Waals surface area contributed by atoms with Crippen molar-refractivity contribution in [3.8, 4) is 22.4 Å². The second kappa shape index (κ2) is 15.8. The van der Waals surface area contributed by atoms with E-state index in [4.69, 9.17) is 4.98 Å². The summed E-state index contributed by atoms with van der Waals surface area (Å²) in [5.74, 6) is 0.547. The topological polar surface area (TPSA) is 63.1 Å². The van der Waals surface area contributed by atoms with Crippen molar-refractivity contribution < 1.29 is 30.0 Å². The number of nitrogens with zero attached hydrogens (tertiary/aromatic N) is 2. The predicted octanol–water partition coefficient (Wildman–Crippen LogP) is 11.2. The average molecular weight is 824 g/mol. The maximum absolute atomic E-state index is 11.7. The number of allylic oxidation sites excluding steroid dienone is 2. The van der Waals surface area contributed by atoms with Crippen molar-refractivity contribution in [1.82, 2.24) is 9.97 Å². The first-order valence-electron chi connectivity index (χ1n) is 16.8. The number of hydrogen-bond acceptors (Lipinski definition) is 5. The molecule has 0 amide bonds. The number of benzene rings is 2. The molecule has 47 heavy (non-hydrogen) atoms. The fourth-order valence-corrected chi connectivity index (χ4v) is 7.92. The van der Waals surface area contributed by atoms with Crippen molar-refractivity contribution in [2.45, 2.75) is 92.4 Å². The molecule has 1 aliphatic carbocycles. The summed E-state index contributed by atoms with van der Waals surface area (Å²) < 4.78 is 1.26. The van der Waals surface area contributed by atoms with Crippen LogP contribution in [0.15, 0.2) is 72.9 Å². The number of carbonyl (C=O) groups is 1. The Morgan fingerprint density at radius 3 is 2.34 bits per heavy atom. The summed E-state index contributed by atoms with van der Waals surface area (Å²) >= 11 is 1.89. The van der Waals surface area contributed by atoms with Gasteiger partial charge < -0.3 is 5.11 Å². The van der Waals surface area contributed by atoms with Gasteiger partial charge in [0.2, 0.25) is 0 Å². The van der Waals surface area contributed by atoms with Crippen LogP contribution >= 0.6 is 11.3 Å². The minimum Gasteiger partial charge on any atom is -0.512 e. The molecule has 0 saturated carbocycles. The van der Waals surface area contributed by atoms with Crippen molar-refractivity contribution in [3.05, 3.63) is 95.0 Å². The minimum absolute atomic E-state index is 0. The Morgan fingerprint density at radius 2 is 1.66 bits per heavy atom. The largest absolute Gasteiger partial charge is 0.512 e. The summed E-state index contributed by atoms with van der Waals surface area (Å²) in [6.45, 7) is 14.9. The third kappa shape index (κ3) is 7.77. The van der Waals surface area contributed by atoms with Crippen molar-refractivity contribution in [2.24, 2.45) is 11.8 Å². The van der Waals surface area contributed by atoms with Crippen LogP contribution in [-0.4, -0.2) is 20.9 Å². The van der Waals surface area contributed by atoms with Gasteiger partial charge in [-0.2, -0.15) is 0 Å². The van der Waals surface area contributed by atoms with Gasteiger partial charge in [0, 0.05) is 83.0 Å². The summed E-state index contributed by atoms with van der Waals surface area (Å²) in [7, 11) is 0. The van der Waals surface area contributed by atoms with E-state index >= 15 is 0 Å². The monoisotopic (exact) mass is 824 g/mol. The third-order valence-electron chi connectivity index (χ3n) is 9.40. The van der Waals surface area contributed by atoms with Crippen molar-refractivity contribution in [2.75, 3.05) is 0 Å². The quantitative estimate of drug-likeness (QED) is 0.0962. The molecule has 1 N–H and O–H groups in total. The summed E-state index contributed by atoms with van der Waals surface area (Å²) in [5.41, 5.74) is 7.54. The molecule has 5 aromatic rings. The first-order valence-corrected chi connectivity index (χ1v) is 17.7. The predicted molar refractivity (Wildman–Crippen MR) is 195 cm³/mol. The number of aliphatic hydroxyl groups excluding tert-OH is 1. The third-order valence-corrected chi connectivity index (χ3v) is 10.7. The molecule has 249 valence electrons. The van der Waals surface area contributed by atoms with E-state index in [1.54, 1.807) is 0 Å². The molecule has 3 aromatic heterocycles. The standard InChI is InChI=1S/C28H23N2S.C13H24O2.Ir/c1-28(2,3)23-15-19(14-18-6-4-5-7-20(18)23)26-27-21(11-13-30-26)25-22-16-29-12-10-17(22)8-9-24(25)31-27;1-5-10(6-2)12(14)9-13(15)11(7-3)8-4;/h4-7,10-13,15-16H,8-9H2,1-3H3;9-11,14H,5-8H2,1-4H3;/q-1;;/b;12-9-;. The van der Waals surface area contributed by atoms with Gasteiger partial charge in [0.05, 0.1) is 5.76 Å². The van der Waals surface area contributed by atoms with Gasteiger partial charge in [-0.05, 0) is 67.0 Å². The van der Waals surface area contributed by atoms with Crippen LogP contribution in [-0.2, 0) is 43.2 Å². The van der Waals surface area contributed by atoms with Gasteiger partial charge >= 0.3 is 0 Å². The van der Waals surface area contributed by atoms with Gasteiger partial charge in [0.1, 0.15) is 0 Å². The van der Waals surface area contributed by atoms with Crippen molar-refractivity contribution >= 4 is 38.0 Å². The van der Waals surface area contributed by atoms with Gasteiger partial charge in [0.25, 0.3) is 0 Å². The zero-order valence-electron chi connectivity index (χ0n) is 28.7. The summed E-state index contributed by atoms with van der Waals surface area (Å²) in [6, 6.07) is 18.9. The summed E-state index contributed by atoms with van der Waals surface area (Å²) in [5, 5.41) is 13.5. The molecule has 0 saturated heterocycles. The van der Waals surface area contributed by atoms with Gasteiger partial charge in [-0.25, -0.2) is 0 Å². The molecular weight excluding hydrogens is 777 g/mol. The van der Waals surface area contributed by atoms with Gasteiger partial charge in [-0.15, -0.1) is 40.5 Å². The molecule has 6 rings (SSSR count). The molecular formula is C41H47IrN2O2S-. The number of fused-ring (bicyclic) bond motifs is 6. The van der Waals surface area contributed by atoms with E-state index in [0.29, 0.717) is 0 Å². The van der Waals surface area contributed by atoms with E-state index in [0.717, 1.165) is 55.2 Å². The molecule has 1 radical (unpaired) electrons. The van der Waals surface area contributed by atoms with Crippen LogP contribution in [0.2, 0.25) is 0 Å². The van der Waals surface area contributed by atoms with Crippen LogP contribution in [0.1, 0.15) is 90.2 Å². The maximum Gasteiger partial charge on any atom is 0.162 e. The number of hydrogen-bond donors (Lipinski definition) is 1. The zero-order valence-corrected chi connectivity index (χ0v) is 32.0. The van der Waals surface area contributed by atoms with E-state index in [9.17, 15) is 9.90 Å². The average Bonchev–Trinajstić information content (AvgIpc) is 3.45. The van der Waals surface area contributed by atoms with Crippen LogP contribution in [0.5, 0.6) is 0 Å². The maximum atomic E-state index is 11.7. The van der Waals surface area contributed by atoms with Crippen molar-refractivity contribution in [1.29, 1.82) is 0 Å². The van der Waals surface area contributed by atoms with Crippen LogP contribution < -0.4 is 0 Å². The fourth-order valence-electron chi connectivity index (χ4n) is 6.61. The molecule has 0 fully saturated rings. The molecule has 2 aromatic carbocycles. The second-order valence-corrected chi connectivity index (χ2v) is 14.5. The van der Waals surface area contributed by atoms with E-state index in [1.165, 1.54) is 48.7 Å². The van der Waals surface area contributed by atoms with E-state index in [-0.39, 0.29) is 48.9 Å². The molecule has 6 heteroatoms. The molecule has 1 aliphatic rings. The Labute approximate surface area is 298 Å². The van der Waals surface area contributed by atoms with Gasteiger partial charge in [-0.3, -0.25) is 14.8 Å². The Bertz CT molecular complexity index is 1880. The summed E-state index contributed by atoms with van der Waals surface area (Å²) in [6.07, 6.45) is 13.0.